The van der Waals surface area contributed by atoms with Gasteiger partial charge in [-0.25, -0.2) is 8.42 Å². The maximum absolute atomic E-state index is 12.4. The van der Waals surface area contributed by atoms with Gasteiger partial charge in [-0.05, 0) is 49.7 Å². The molecule has 0 aliphatic heterocycles. The van der Waals surface area contributed by atoms with Gasteiger partial charge in [0.05, 0.1) is 12.9 Å². The maximum atomic E-state index is 12.4. The summed E-state index contributed by atoms with van der Waals surface area (Å²) < 4.78 is 35.4. The lowest BCUT2D eigenvalue weighted by molar-refractivity contribution is -0.146. The number of esters is 1. The smallest absolute Gasteiger partial charge is 0.306 e. The van der Waals surface area contributed by atoms with E-state index in [-0.39, 0.29) is 12.2 Å². The van der Waals surface area contributed by atoms with Crippen LogP contribution in [0, 0.1) is 0 Å². The molecule has 0 aliphatic rings. The Labute approximate surface area is 164 Å². The molecule has 0 saturated heterocycles. The number of para-hydroxylation sites is 1. The lowest BCUT2D eigenvalue weighted by Gasteiger charge is -2.13. The van der Waals surface area contributed by atoms with Gasteiger partial charge in [0.2, 0.25) is 15.8 Å². The second-order valence-corrected chi connectivity index (χ2v) is 7.96. The SMILES string of the molecule is CC(OC(=O)CCCOc1ccccc1)C(=O)c1ccc(NS(C)(=O)=O)cc1. The highest BCUT2D eigenvalue weighted by molar-refractivity contribution is 7.92. The fraction of sp³-hybridized carbons (Fsp3) is 0.300. The van der Waals surface area contributed by atoms with Crippen molar-refractivity contribution in [3.05, 3.63) is 60.2 Å². The fourth-order valence-electron chi connectivity index (χ4n) is 2.38. The van der Waals surface area contributed by atoms with Gasteiger partial charge in [0.1, 0.15) is 5.75 Å². The van der Waals surface area contributed by atoms with Crippen LogP contribution in [0.2, 0.25) is 0 Å². The first-order chi connectivity index (χ1) is 13.2. The highest BCUT2D eigenvalue weighted by Gasteiger charge is 2.19. The molecular formula is C20H23NO6S. The highest BCUT2D eigenvalue weighted by Crippen LogP contribution is 2.14. The van der Waals surface area contributed by atoms with Crippen molar-refractivity contribution >= 4 is 27.5 Å². The van der Waals surface area contributed by atoms with Gasteiger partial charge in [-0.15, -0.1) is 0 Å². The van der Waals surface area contributed by atoms with Crippen molar-refractivity contribution in [1.82, 2.24) is 0 Å². The third kappa shape index (κ3) is 7.40. The molecule has 1 atom stereocenters. The molecule has 150 valence electrons. The summed E-state index contributed by atoms with van der Waals surface area (Å²) in [4.78, 5) is 24.3. The average Bonchev–Trinajstić information content (AvgIpc) is 2.65. The number of benzene rings is 2. The summed E-state index contributed by atoms with van der Waals surface area (Å²) in [6, 6.07) is 15.2. The normalized spacial score (nSPS) is 12.1. The molecule has 0 saturated carbocycles. The lowest BCUT2D eigenvalue weighted by atomic mass is 10.1. The number of carbonyl (C=O) groups is 2. The second kappa shape index (κ2) is 9.89. The van der Waals surface area contributed by atoms with Crippen LogP contribution in [0.4, 0.5) is 5.69 Å². The fourth-order valence-corrected chi connectivity index (χ4v) is 2.95. The standard InChI is InChI=1S/C20H23NO6S/c1-15(20(23)16-10-12-17(13-11-16)21-28(2,24)25)27-19(22)9-6-14-26-18-7-4-3-5-8-18/h3-5,7-8,10-13,15,21H,6,9,14H2,1-2H3. The Morgan fingerprint density at radius 3 is 2.29 bits per heavy atom. The molecule has 0 bridgehead atoms. The molecule has 2 rings (SSSR count). The van der Waals surface area contributed by atoms with Gasteiger partial charge < -0.3 is 9.47 Å². The zero-order valence-electron chi connectivity index (χ0n) is 15.8. The Hall–Kier alpha value is -2.87. The first-order valence-electron chi connectivity index (χ1n) is 8.74. The van der Waals surface area contributed by atoms with Gasteiger partial charge in [-0.1, -0.05) is 18.2 Å². The summed E-state index contributed by atoms with van der Waals surface area (Å²) in [7, 11) is -3.39. The van der Waals surface area contributed by atoms with Crippen molar-refractivity contribution in [2.24, 2.45) is 0 Å². The van der Waals surface area contributed by atoms with Crippen molar-refractivity contribution in [3.8, 4) is 5.75 Å². The number of rotatable bonds is 10. The number of hydrogen-bond acceptors (Lipinski definition) is 6. The Balaban J connectivity index is 1.77. The van der Waals surface area contributed by atoms with E-state index in [1.807, 2.05) is 30.3 Å². The third-order valence-corrected chi connectivity index (χ3v) is 4.29. The Kier molecular flexibility index (Phi) is 7.57. The van der Waals surface area contributed by atoms with Crippen LogP contribution in [0.1, 0.15) is 30.1 Å². The monoisotopic (exact) mass is 405 g/mol. The quantitative estimate of drug-likeness (QED) is 0.371. The van der Waals surface area contributed by atoms with Crippen molar-refractivity contribution in [1.29, 1.82) is 0 Å². The largest absolute Gasteiger partial charge is 0.494 e. The van der Waals surface area contributed by atoms with Crippen LogP contribution in [-0.2, 0) is 19.6 Å². The predicted octanol–water partition coefficient (Wildman–Crippen LogP) is 3.03. The van der Waals surface area contributed by atoms with E-state index >= 15 is 0 Å². The molecule has 7 nitrogen and oxygen atoms in total. The van der Waals surface area contributed by atoms with E-state index in [1.54, 1.807) is 0 Å². The van der Waals surface area contributed by atoms with E-state index in [9.17, 15) is 18.0 Å². The van der Waals surface area contributed by atoms with Crippen molar-refractivity contribution in [3.63, 3.8) is 0 Å². The molecule has 0 spiro atoms. The number of carbonyl (C=O) groups excluding carboxylic acids is 2. The van der Waals surface area contributed by atoms with Crippen molar-refractivity contribution in [2.75, 3.05) is 17.6 Å². The molecule has 2 aromatic rings. The Bertz CT molecular complexity index is 894. The van der Waals surface area contributed by atoms with Crippen LogP contribution in [0.15, 0.2) is 54.6 Å². The highest BCUT2D eigenvalue weighted by atomic mass is 32.2. The van der Waals surface area contributed by atoms with Crippen molar-refractivity contribution in [2.45, 2.75) is 25.9 Å². The molecule has 1 unspecified atom stereocenters. The second-order valence-electron chi connectivity index (χ2n) is 6.21. The number of sulfonamides is 1. The molecule has 0 amide bonds. The van der Waals surface area contributed by atoms with Crippen LogP contribution in [-0.4, -0.2) is 39.1 Å². The summed E-state index contributed by atoms with van der Waals surface area (Å²) in [5.74, 6) is -0.110. The minimum atomic E-state index is -3.39. The first kappa shape index (κ1) is 21.4. The molecule has 0 aromatic heterocycles. The summed E-state index contributed by atoms with van der Waals surface area (Å²) in [6.07, 6.45) is 0.719. The molecule has 0 heterocycles. The van der Waals surface area contributed by atoms with E-state index in [1.165, 1.54) is 31.2 Å². The number of ketones is 1. The topological polar surface area (TPSA) is 98.8 Å². The van der Waals surface area contributed by atoms with E-state index in [0.717, 1.165) is 12.0 Å². The first-order valence-corrected chi connectivity index (χ1v) is 10.6. The molecule has 1 N–H and O–H groups in total. The predicted molar refractivity (Wildman–Crippen MR) is 106 cm³/mol. The Morgan fingerprint density at radius 2 is 1.68 bits per heavy atom. The van der Waals surface area contributed by atoms with Crippen LogP contribution >= 0.6 is 0 Å². The number of nitrogens with one attached hydrogen (secondary N) is 1. The van der Waals surface area contributed by atoms with Gasteiger partial charge in [-0.3, -0.25) is 14.3 Å². The van der Waals surface area contributed by atoms with Crippen LogP contribution in [0.25, 0.3) is 0 Å². The number of anilines is 1. The molecule has 8 heteroatoms. The van der Waals surface area contributed by atoms with Gasteiger partial charge in [0.25, 0.3) is 0 Å². The zero-order chi connectivity index (χ0) is 20.6. The zero-order valence-corrected chi connectivity index (χ0v) is 16.6. The van der Waals surface area contributed by atoms with Gasteiger partial charge in [0.15, 0.2) is 6.10 Å². The minimum absolute atomic E-state index is 0.141. The average molecular weight is 405 g/mol. The summed E-state index contributed by atoms with van der Waals surface area (Å²) in [6.45, 7) is 1.87. The maximum Gasteiger partial charge on any atom is 0.306 e. The third-order valence-electron chi connectivity index (χ3n) is 3.69. The molecule has 2 aromatic carbocycles. The van der Waals surface area contributed by atoms with E-state index < -0.39 is 22.1 Å². The minimum Gasteiger partial charge on any atom is -0.494 e. The number of hydrogen-bond donors (Lipinski definition) is 1. The summed E-state index contributed by atoms with van der Waals surface area (Å²) in [5, 5.41) is 0. The molecule has 0 radical (unpaired) electrons. The van der Waals surface area contributed by atoms with Crippen LogP contribution in [0.3, 0.4) is 0 Å². The number of Topliss-reactive ketones (excluding diaryl/α,β-unsaturated/α-hetero) is 1. The van der Waals surface area contributed by atoms with Gasteiger partial charge >= 0.3 is 5.97 Å². The molecule has 28 heavy (non-hydrogen) atoms. The molecular weight excluding hydrogens is 382 g/mol. The van der Waals surface area contributed by atoms with Crippen molar-refractivity contribution < 1.29 is 27.5 Å². The molecule has 0 aliphatic carbocycles. The summed E-state index contributed by atoms with van der Waals surface area (Å²) in [5.41, 5.74) is 0.675. The van der Waals surface area contributed by atoms with Crippen LogP contribution < -0.4 is 9.46 Å². The molecule has 0 fully saturated rings. The van der Waals surface area contributed by atoms with Crippen LogP contribution in [0.5, 0.6) is 5.75 Å². The number of ether oxygens (including phenoxy) is 2. The van der Waals surface area contributed by atoms with Gasteiger partial charge in [0, 0.05) is 17.7 Å². The lowest BCUT2D eigenvalue weighted by Crippen LogP contribution is -2.24. The van der Waals surface area contributed by atoms with E-state index in [4.69, 9.17) is 9.47 Å². The van der Waals surface area contributed by atoms with Gasteiger partial charge in [-0.2, -0.15) is 0 Å². The van der Waals surface area contributed by atoms with E-state index in [0.29, 0.717) is 24.3 Å². The summed E-state index contributed by atoms with van der Waals surface area (Å²) >= 11 is 0. The van der Waals surface area contributed by atoms with E-state index in [2.05, 4.69) is 4.72 Å². The Morgan fingerprint density at radius 1 is 1.04 bits per heavy atom.